The lowest BCUT2D eigenvalue weighted by molar-refractivity contribution is 0.169. The molecule has 0 aliphatic rings. The van der Waals surface area contributed by atoms with Crippen molar-refractivity contribution in [3.05, 3.63) is 24.0 Å². The molecule has 2 heterocycles. The molecular formula is C9H14N6O. The van der Waals surface area contributed by atoms with Gasteiger partial charge in [-0.15, -0.1) is 0 Å². The van der Waals surface area contributed by atoms with E-state index >= 15 is 0 Å². The highest BCUT2D eigenvalue weighted by atomic mass is 16.3. The molecule has 1 atom stereocenters. The van der Waals surface area contributed by atoms with Crippen molar-refractivity contribution in [2.24, 2.45) is 0 Å². The van der Waals surface area contributed by atoms with Crippen LogP contribution in [0.4, 0.5) is 0 Å². The van der Waals surface area contributed by atoms with Crippen molar-refractivity contribution in [2.75, 3.05) is 0 Å². The molecule has 86 valence electrons. The Morgan fingerprint density at radius 2 is 2.44 bits per heavy atom. The van der Waals surface area contributed by atoms with Gasteiger partial charge in [0.1, 0.15) is 23.9 Å². The number of hydrogen-bond donors (Lipinski definition) is 2. The lowest BCUT2D eigenvalue weighted by Gasteiger charge is -2.07. The third kappa shape index (κ3) is 2.25. The summed E-state index contributed by atoms with van der Waals surface area (Å²) in [6, 6.07) is 0. The third-order valence-electron chi connectivity index (χ3n) is 2.28. The quantitative estimate of drug-likeness (QED) is 0.747. The van der Waals surface area contributed by atoms with Crippen LogP contribution in [0.5, 0.6) is 0 Å². The number of aryl methyl sites for hydroxylation is 1. The van der Waals surface area contributed by atoms with E-state index in [0.717, 1.165) is 18.8 Å². The maximum absolute atomic E-state index is 9.87. The Kier molecular flexibility index (Phi) is 3.25. The zero-order valence-corrected chi connectivity index (χ0v) is 9.04. The average Bonchev–Trinajstić information content (AvgIpc) is 2.90. The van der Waals surface area contributed by atoms with Gasteiger partial charge in [0.25, 0.3) is 0 Å². The van der Waals surface area contributed by atoms with Gasteiger partial charge in [-0.2, -0.15) is 20.5 Å². The smallest absolute Gasteiger partial charge is 0.138 e. The van der Waals surface area contributed by atoms with Crippen molar-refractivity contribution in [3.8, 4) is 0 Å². The number of rotatable bonds is 5. The van der Waals surface area contributed by atoms with Crippen LogP contribution in [0.15, 0.2) is 12.5 Å². The molecular weight excluding hydrogens is 208 g/mol. The summed E-state index contributed by atoms with van der Waals surface area (Å²) < 4.78 is 1.79. The predicted octanol–water partition coefficient (Wildman–Crippen LogP) is 0.0823. The van der Waals surface area contributed by atoms with E-state index in [1.54, 1.807) is 4.68 Å². The highest BCUT2D eigenvalue weighted by Crippen LogP contribution is 2.13. The summed E-state index contributed by atoms with van der Waals surface area (Å²) in [6.07, 6.45) is 3.69. The lowest BCUT2D eigenvalue weighted by Crippen LogP contribution is -2.10. The summed E-state index contributed by atoms with van der Waals surface area (Å²) in [5.74, 6) is 0.761. The van der Waals surface area contributed by atoms with Crippen LogP contribution in [-0.4, -0.2) is 35.3 Å². The molecule has 0 saturated carbocycles. The molecule has 2 N–H and O–H groups in total. The largest absolute Gasteiger partial charge is 0.386 e. The van der Waals surface area contributed by atoms with Crippen LogP contribution in [0.3, 0.4) is 0 Å². The second-order valence-corrected chi connectivity index (χ2v) is 3.51. The lowest BCUT2D eigenvalue weighted by atomic mass is 10.2. The first-order chi connectivity index (χ1) is 7.81. The van der Waals surface area contributed by atoms with Gasteiger partial charge in [-0.3, -0.25) is 4.68 Å². The van der Waals surface area contributed by atoms with Crippen molar-refractivity contribution >= 4 is 0 Å². The van der Waals surface area contributed by atoms with Crippen LogP contribution in [0, 0.1) is 0 Å². The van der Waals surface area contributed by atoms with Crippen LogP contribution < -0.4 is 0 Å². The Bertz CT molecular complexity index is 423. The summed E-state index contributed by atoms with van der Waals surface area (Å²) in [5.41, 5.74) is 0.519. The Hall–Kier alpha value is -1.76. The van der Waals surface area contributed by atoms with Gasteiger partial charge in [0, 0.05) is 13.0 Å². The monoisotopic (exact) mass is 222 g/mol. The zero-order valence-electron chi connectivity index (χ0n) is 9.04. The van der Waals surface area contributed by atoms with E-state index < -0.39 is 6.10 Å². The number of aromatic amines is 1. The zero-order chi connectivity index (χ0) is 11.4. The summed E-state index contributed by atoms with van der Waals surface area (Å²) in [5, 5.41) is 23.9. The minimum Gasteiger partial charge on any atom is -0.386 e. The van der Waals surface area contributed by atoms with Crippen LogP contribution >= 0.6 is 0 Å². The van der Waals surface area contributed by atoms with Crippen molar-refractivity contribution in [1.82, 2.24) is 30.2 Å². The van der Waals surface area contributed by atoms with E-state index in [1.807, 2.05) is 0 Å². The molecule has 0 spiro atoms. The molecule has 0 aromatic carbocycles. The second kappa shape index (κ2) is 4.84. The fourth-order valence-corrected chi connectivity index (χ4v) is 1.49. The number of aliphatic hydroxyl groups excluding tert-OH is 1. The molecule has 0 saturated heterocycles. The van der Waals surface area contributed by atoms with Gasteiger partial charge < -0.3 is 5.11 Å². The first kappa shape index (κ1) is 10.7. The maximum atomic E-state index is 9.87. The molecule has 2 aromatic rings. The standard InChI is InChI=1S/C9H14N6O/c1-2-3-15-9(10-6-12-15)4-8(16)7-5-11-14-13-7/h5-6,8,16H,2-4H2,1H3,(H,11,13,14). The SMILES string of the molecule is CCCn1ncnc1CC(O)c1cn[nH]n1. The van der Waals surface area contributed by atoms with E-state index in [1.165, 1.54) is 12.5 Å². The van der Waals surface area contributed by atoms with Crippen LogP contribution in [0.25, 0.3) is 0 Å². The van der Waals surface area contributed by atoms with Crippen LogP contribution in [-0.2, 0) is 13.0 Å². The molecule has 7 nitrogen and oxygen atoms in total. The normalized spacial score (nSPS) is 12.9. The topological polar surface area (TPSA) is 92.5 Å². The second-order valence-electron chi connectivity index (χ2n) is 3.51. The molecule has 0 radical (unpaired) electrons. The molecule has 2 aromatic heterocycles. The Morgan fingerprint density at radius 3 is 3.12 bits per heavy atom. The van der Waals surface area contributed by atoms with Gasteiger partial charge in [0.05, 0.1) is 6.20 Å². The average molecular weight is 222 g/mol. The Morgan fingerprint density at radius 1 is 1.56 bits per heavy atom. The van der Waals surface area contributed by atoms with E-state index in [0.29, 0.717) is 12.1 Å². The fraction of sp³-hybridized carbons (Fsp3) is 0.556. The molecule has 16 heavy (non-hydrogen) atoms. The molecule has 1 unspecified atom stereocenters. The van der Waals surface area contributed by atoms with Crippen molar-refractivity contribution in [1.29, 1.82) is 0 Å². The molecule has 0 fully saturated rings. The van der Waals surface area contributed by atoms with Gasteiger partial charge in [0.15, 0.2) is 0 Å². The van der Waals surface area contributed by atoms with Crippen molar-refractivity contribution in [3.63, 3.8) is 0 Å². The Labute approximate surface area is 92.5 Å². The first-order valence-corrected chi connectivity index (χ1v) is 5.21. The summed E-state index contributed by atoms with van der Waals surface area (Å²) in [4.78, 5) is 4.12. The van der Waals surface area contributed by atoms with Gasteiger partial charge >= 0.3 is 0 Å². The molecule has 7 heteroatoms. The summed E-state index contributed by atoms with van der Waals surface area (Å²) in [6.45, 7) is 2.88. The number of hydrogen-bond acceptors (Lipinski definition) is 5. The molecule has 0 amide bonds. The number of H-pyrrole nitrogens is 1. The van der Waals surface area contributed by atoms with Gasteiger partial charge in [0.2, 0.25) is 0 Å². The van der Waals surface area contributed by atoms with Crippen LogP contribution in [0.2, 0.25) is 0 Å². The van der Waals surface area contributed by atoms with Crippen molar-refractivity contribution in [2.45, 2.75) is 32.4 Å². The van der Waals surface area contributed by atoms with E-state index in [4.69, 9.17) is 0 Å². The van der Waals surface area contributed by atoms with Crippen molar-refractivity contribution < 1.29 is 5.11 Å². The third-order valence-corrected chi connectivity index (χ3v) is 2.28. The first-order valence-electron chi connectivity index (χ1n) is 5.21. The number of nitrogens with one attached hydrogen (secondary N) is 1. The number of nitrogens with zero attached hydrogens (tertiary/aromatic N) is 5. The molecule has 2 rings (SSSR count). The van der Waals surface area contributed by atoms with E-state index in [2.05, 4.69) is 32.4 Å². The summed E-state index contributed by atoms with van der Waals surface area (Å²) >= 11 is 0. The van der Waals surface area contributed by atoms with Gasteiger partial charge in [-0.1, -0.05) is 6.92 Å². The van der Waals surface area contributed by atoms with Gasteiger partial charge in [-0.05, 0) is 6.42 Å². The fourth-order valence-electron chi connectivity index (χ4n) is 1.49. The van der Waals surface area contributed by atoms with Crippen LogP contribution in [0.1, 0.15) is 31.0 Å². The van der Waals surface area contributed by atoms with Gasteiger partial charge in [-0.25, -0.2) is 4.98 Å². The maximum Gasteiger partial charge on any atom is 0.138 e. The number of aromatic nitrogens is 6. The molecule has 0 bridgehead atoms. The Balaban J connectivity index is 2.06. The highest BCUT2D eigenvalue weighted by Gasteiger charge is 2.14. The molecule has 0 aliphatic carbocycles. The number of aliphatic hydroxyl groups is 1. The van der Waals surface area contributed by atoms with E-state index in [-0.39, 0.29) is 0 Å². The molecule has 0 aliphatic heterocycles. The predicted molar refractivity (Wildman–Crippen MR) is 55.4 cm³/mol. The highest BCUT2D eigenvalue weighted by molar-refractivity contribution is 5.00. The minimum absolute atomic E-state index is 0.395. The summed E-state index contributed by atoms with van der Waals surface area (Å²) in [7, 11) is 0. The minimum atomic E-state index is -0.696. The van der Waals surface area contributed by atoms with E-state index in [9.17, 15) is 5.11 Å².